The third kappa shape index (κ3) is 1.33. The Kier molecular flexibility index (Phi) is 1.81. The van der Waals surface area contributed by atoms with Crippen LogP contribution in [0.2, 0.25) is 0 Å². The summed E-state index contributed by atoms with van der Waals surface area (Å²) in [7, 11) is 0. The molecule has 74 valence electrons. The average Bonchev–Trinajstić information content (AvgIpc) is 2.28. The summed E-state index contributed by atoms with van der Waals surface area (Å²) in [6, 6.07) is 10.8. The van der Waals surface area contributed by atoms with Gasteiger partial charge in [0, 0.05) is 23.8 Å². The summed E-state index contributed by atoms with van der Waals surface area (Å²) >= 11 is 0. The first-order chi connectivity index (χ1) is 7.34. The van der Waals surface area contributed by atoms with Crippen molar-refractivity contribution < 1.29 is 9.13 Å². The molecule has 2 aromatic heterocycles. The molecule has 0 bridgehead atoms. The lowest BCUT2D eigenvalue weighted by atomic mass is 10.1. The van der Waals surface area contributed by atoms with Crippen molar-refractivity contribution in [1.29, 1.82) is 0 Å². The Bertz CT molecular complexity index is 518. The molecule has 0 spiro atoms. The molecule has 1 aliphatic heterocycles. The topological polar surface area (TPSA) is 7.76 Å². The maximum absolute atomic E-state index is 2.34. The fourth-order valence-corrected chi connectivity index (χ4v) is 2.20. The molecule has 15 heavy (non-hydrogen) atoms. The monoisotopic (exact) mass is 198 g/mol. The molecule has 3 heterocycles. The maximum atomic E-state index is 2.34. The predicted octanol–water partition coefficient (Wildman–Crippen LogP) is 1.25. The summed E-state index contributed by atoms with van der Waals surface area (Å²) in [5, 5.41) is 0. The van der Waals surface area contributed by atoms with Gasteiger partial charge in [-0.15, -0.1) is 0 Å². The molecule has 2 nitrogen and oxygen atoms in total. The van der Waals surface area contributed by atoms with Crippen molar-refractivity contribution in [3.05, 3.63) is 48.3 Å². The zero-order chi connectivity index (χ0) is 10.3. The minimum atomic E-state index is 1.07. The van der Waals surface area contributed by atoms with Gasteiger partial charge >= 0.3 is 0 Å². The van der Waals surface area contributed by atoms with Gasteiger partial charge in [-0.2, -0.15) is 9.13 Å². The van der Waals surface area contributed by atoms with Gasteiger partial charge in [0.25, 0.3) is 11.4 Å². The SMILES string of the molecule is Cc1ccc2[n+](c1)CC[n+]1ccccc1-2. The fourth-order valence-electron chi connectivity index (χ4n) is 2.20. The van der Waals surface area contributed by atoms with Crippen molar-refractivity contribution in [1.82, 2.24) is 0 Å². The van der Waals surface area contributed by atoms with Crippen molar-refractivity contribution in [2.24, 2.45) is 0 Å². The third-order valence-electron chi connectivity index (χ3n) is 2.96. The molecule has 0 saturated carbocycles. The Balaban J connectivity index is 2.26. The van der Waals surface area contributed by atoms with Gasteiger partial charge < -0.3 is 0 Å². The van der Waals surface area contributed by atoms with Crippen LogP contribution in [-0.4, -0.2) is 0 Å². The highest BCUT2D eigenvalue weighted by Crippen LogP contribution is 2.13. The minimum absolute atomic E-state index is 1.07. The van der Waals surface area contributed by atoms with Crippen molar-refractivity contribution >= 4 is 0 Å². The van der Waals surface area contributed by atoms with Gasteiger partial charge in [-0.1, -0.05) is 0 Å². The summed E-state index contributed by atoms with van der Waals surface area (Å²) in [6.45, 7) is 4.27. The van der Waals surface area contributed by atoms with E-state index in [0.717, 1.165) is 13.1 Å². The van der Waals surface area contributed by atoms with E-state index in [1.54, 1.807) is 0 Å². The smallest absolute Gasteiger partial charge is 0.187 e. The number of rotatable bonds is 0. The van der Waals surface area contributed by atoms with Crippen molar-refractivity contribution in [3.8, 4) is 11.4 Å². The summed E-state index contributed by atoms with van der Waals surface area (Å²) in [6.07, 6.45) is 4.38. The fraction of sp³-hybridized carbons (Fsp3) is 0.231. The molecule has 3 rings (SSSR count). The van der Waals surface area contributed by atoms with Crippen LogP contribution >= 0.6 is 0 Å². The van der Waals surface area contributed by atoms with Crippen LogP contribution < -0.4 is 9.13 Å². The quantitative estimate of drug-likeness (QED) is 0.563. The first kappa shape index (κ1) is 8.60. The summed E-state index contributed by atoms with van der Waals surface area (Å²) < 4.78 is 4.65. The highest BCUT2D eigenvalue weighted by atomic mass is 15.1. The van der Waals surface area contributed by atoms with Gasteiger partial charge in [0.15, 0.2) is 12.4 Å². The van der Waals surface area contributed by atoms with Gasteiger partial charge in [0.05, 0.1) is 0 Å². The molecule has 2 aromatic rings. The zero-order valence-corrected chi connectivity index (χ0v) is 8.85. The number of nitrogens with zero attached hydrogens (tertiary/aromatic N) is 2. The first-order valence-corrected chi connectivity index (χ1v) is 5.33. The first-order valence-electron chi connectivity index (χ1n) is 5.33. The molecule has 0 atom stereocenters. The largest absolute Gasteiger partial charge is 0.277 e. The second-order valence-electron chi connectivity index (χ2n) is 4.06. The van der Waals surface area contributed by atoms with E-state index in [1.807, 2.05) is 0 Å². The molecule has 1 aliphatic rings. The number of aromatic nitrogens is 2. The number of pyridine rings is 2. The minimum Gasteiger partial charge on any atom is -0.187 e. The second kappa shape index (κ2) is 3.16. The van der Waals surface area contributed by atoms with Crippen LogP contribution in [0.1, 0.15) is 5.56 Å². The summed E-state index contributed by atoms with van der Waals surface area (Å²) in [5.41, 5.74) is 3.94. The lowest BCUT2D eigenvalue weighted by molar-refractivity contribution is -0.795. The molecule has 0 unspecified atom stereocenters. The lowest BCUT2D eigenvalue weighted by Gasteiger charge is -2.09. The van der Waals surface area contributed by atoms with E-state index >= 15 is 0 Å². The molecule has 0 amide bonds. The van der Waals surface area contributed by atoms with E-state index < -0.39 is 0 Å². The number of hydrogen-bond donors (Lipinski definition) is 0. The Morgan fingerprint density at radius 2 is 1.73 bits per heavy atom. The maximum Gasteiger partial charge on any atom is 0.277 e. The highest BCUT2D eigenvalue weighted by Gasteiger charge is 2.28. The Hall–Kier alpha value is -1.70. The van der Waals surface area contributed by atoms with Crippen LogP contribution in [0.15, 0.2) is 42.7 Å². The Labute approximate surface area is 89.4 Å². The van der Waals surface area contributed by atoms with Gasteiger partial charge in [0.2, 0.25) is 13.1 Å². The third-order valence-corrected chi connectivity index (χ3v) is 2.96. The van der Waals surface area contributed by atoms with Crippen LogP contribution in [-0.2, 0) is 13.1 Å². The van der Waals surface area contributed by atoms with E-state index in [4.69, 9.17) is 0 Å². The van der Waals surface area contributed by atoms with Gasteiger partial charge in [-0.3, -0.25) is 0 Å². The molecule has 0 N–H and O–H groups in total. The highest BCUT2D eigenvalue weighted by molar-refractivity contribution is 5.46. The number of aryl methyl sites for hydroxylation is 3. The van der Waals surface area contributed by atoms with Crippen LogP contribution in [0.3, 0.4) is 0 Å². The van der Waals surface area contributed by atoms with Crippen LogP contribution in [0, 0.1) is 6.92 Å². The lowest BCUT2D eigenvalue weighted by Crippen LogP contribution is -2.53. The molecular weight excluding hydrogens is 184 g/mol. The van der Waals surface area contributed by atoms with Crippen LogP contribution in [0.25, 0.3) is 11.4 Å². The molecule has 0 aliphatic carbocycles. The van der Waals surface area contributed by atoms with Crippen LogP contribution in [0.5, 0.6) is 0 Å². The van der Waals surface area contributed by atoms with E-state index in [1.165, 1.54) is 17.0 Å². The van der Waals surface area contributed by atoms with Crippen LogP contribution in [0.4, 0.5) is 0 Å². The standard InChI is InChI=1S/C13H14N2/c1-11-5-6-13-12-4-2-3-7-14(12)8-9-15(13)10-11/h2-7,10H,8-9H2,1H3/q+2. The molecule has 0 fully saturated rings. The predicted molar refractivity (Wildman–Crippen MR) is 57.0 cm³/mol. The number of fused-ring (bicyclic) bond motifs is 3. The van der Waals surface area contributed by atoms with E-state index in [9.17, 15) is 0 Å². The van der Waals surface area contributed by atoms with E-state index in [2.05, 4.69) is 58.8 Å². The average molecular weight is 198 g/mol. The number of hydrogen-bond acceptors (Lipinski definition) is 0. The van der Waals surface area contributed by atoms with E-state index in [-0.39, 0.29) is 0 Å². The zero-order valence-electron chi connectivity index (χ0n) is 8.85. The molecular formula is C13H14N2+2. The molecule has 0 saturated heterocycles. The molecule has 0 radical (unpaired) electrons. The Morgan fingerprint density at radius 3 is 2.67 bits per heavy atom. The molecule has 0 aromatic carbocycles. The second-order valence-corrected chi connectivity index (χ2v) is 4.06. The van der Waals surface area contributed by atoms with Crippen molar-refractivity contribution in [3.63, 3.8) is 0 Å². The van der Waals surface area contributed by atoms with Gasteiger partial charge in [-0.05, 0) is 19.1 Å². The van der Waals surface area contributed by atoms with Gasteiger partial charge in [-0.25, -0.2) is 0 Å². The van der Waals surface area contributed by atoms with Crippen molar-refractivity contribution in [2.45, 2.75) is 20.0 Å². The summed E-state index contributed by atoms with van der Waals surface area (Å²) in [5.74, 6) is 0. The van der Waals surface area contributed by atoms with Crippen molar-refractivity contribution in [2.75, 3.05) is 0 Å². The molecule has 2 heteroatoms. The Morgan fingerprint density at radius 1 is 0.933 bits per heavy atom. The summed E-state index contributed by atoms with van der Waals surface area (Å²) in [4.78, 5) is 0. The van der Waals surface area contributed by atoms with Gasteiger partial charge in [0.1, 0.15) is 0 Å². The normalized spacial score (nSPS) is 13.1. The van der Waals surface area contributed by atoms with E-state index in [0.29, 0.717) is 0 Å².